The zero-order chi connectivity index (χ0) is 13.0. The molecule has 0 spiro atoms. The average molecular weight is 284 g/mol. The quantitative estimate of drug-likeness (QED) is 0.876. The van der Waals surface area contributed by atoms with Crippen LogP contribution in [-0.2, 0) is 13.1 Å². The Morgan fingerprint density at radius 1 is 1.00 bits per heavy atom. The van der Waals surface area contributed by atoms with Gasteiger partial charge in [0.15, 0.2) is 0 Å². The molecule has 94 valence electrons. The molecule has 2 rings (SSSR count). The van der Waals surface area contributed by atoms with Gasteiger partial charge in [0.25, 0.3) is 0 Å². The topological polar surface area (TPSA) is 12.0 Å². The van der Waals surface area contributed by atoms with Gasteiger partial charge in [0.1, 0.15) is 5.82 Å². The van der Waals surface area contributed by atoms with E-state index >= 15 is 0 Å². The maximum atomic E-state index is 13.5. The van der Waals surface area contributed by atoms with Crippen LogP contribution in [0.2, 0.25) is 10.0 Å². The van der Waals surface area contributed by atoms with E-state index < -0.39 is 0 Å². The number of benzene rings is 2. The molecule has 18 heavy (non-hydrogen) atoms. The third-order valence-electron chi connectivity index (χ3n) is 2.58. The SMILES string of the molecule is Fc1cccc(Cl)c1CNCc1cccc(Cl)c1. The van der Waals surface area contributed by atoms with Gasteiger partial charge in [-0.1, -0.05) is 41.4 Å². The molecule has 2 aromatic carbocycles. The normalized spacial score (nSPS) is 10.6. The summed E-state index contributed by atoms with van der Waals surface area (Å²) in [5.74, 6) is -0.291. The van der Waals surface area contributed by atoms with Crippen molar-refractivity contribution in [3.05, 3.63) is 69.5 Å². The van der Waals surface area contributed by atoms with Crippen molar-refractivity contribution in [1.29, 1.82) is 0 Å². The van der Waals surface area contributed by atoms with E-state index in [1.54, 1.807) is 12.1 Å². The third kappa shape index (κ3) is 3.45. The second-order valence-corrected chi connectivity index (χ2v) is 4.78. The van der Waals surface area contributed by atoms with Crippen LogP contribution in [0.5, 0.6) is 0 Å². The lowest BCUT2D eigenvalue weighted by molar-refractivity contribution is 0.588. The summed E-state index contributed by atoms with van der Waals surface area (Å²) >= 11 is 11.8. The Morgan fingerprint density at radius 3 is 2.50 bits per heavy atom. The molecule has 0 atom stereocenters. The highest BCUT2D eigenvalue weighted by Crippen LogP contribution is 2.18. The minimum absolute atomic E-state index is 0.291. The first kappa shape index (κ1) is 13.3. The van der Waals surface area contributed by atoms with Gasteiger partial charge < -0.3 is 5.32 Å². The Bertz CT molecular complexity index is 523. The summed E-state index contributed by atoms with van der Waals surface area (Å²) in [5, 5.41) is 4.28. The van der Waals surface area contributed by atoms with Gasteiger partial charge in [-0.3, -0.25) is 0 Å². The van der Waals surface area contributed by atoms with E-state index in [-0.39, 0.29) is 5.82 Å². The summed E-state index contributed by atoms with van der Waals surface area (Å²) in [4.78, 5) is 0. The predicted molar refractivity (Wildman–Crippen MR) is 73.4 cm³/mol. The minimum Gasteiger partial charge on any atom is -0.308 e. The van der Waals surface area contributed by atoms with Gasteiger partial charge in [-0.15, -0.1) is 0 Å². The molecule has 0 fully saturated rings. The lowest BCUT2D eigenvalue weighted by atomic mass is 10.2. The molecule has 0 saturated carbocycles. The van der Waals surface area contributed by atoms with Crippen molar-refractivity contribution in [2.45, 2.75) is 13.1 Å². The smallest absolute Gasteiger partial charge is 0.129 e. The van der Waals surface area contributed by atoms with Crippen LogP contribution in [-0.4, -0.2) is 0 Å². The van der Waals surface area contributed by atoms with Crippen molar-refractivity contribution < 1.29 is 4.39 Å². The van der Waals surface area contributed by atoms with Crippen LogP contribution in [0.15, 0.2) is 42.5 Å². The van der Waals surface area contributed by atoms with Gasteiger partial charge in [0, 0.05) is 28.7 Å². The number of hydrogen-bond acceptors (Lipinski definition) is 1. The predicted octanol–water partition coefficient (Wildman–Crippen LogP) is 4.42. The van der Waals surface area contributed by atoms with Gasteiger partial charge >= 0.3 is 0 Å². The molecule has 0 aliphatic heterocycles. The zero-order valence-corrected chi connectivity index (χ0v) is 11.1. The van der Waals surface area contributed by atoms with E-state index in [4.69, 9.17) is 23.2 Å². The fourth-order valence-electron chi connectivity index (χ4n) is 1.68. The van der Waals surface area contributed by atoms with Crippen molar-refractivity contribution in [3.63, 3.8) is 0 Å². The number of hydrogen-bond donors (Lipinski definition) is 1. The molecule has 0 unspecified atom stereocenters. The van der Waals surface area contributed by atoms with E-state index in [1.165, 1.54) is 6.07 Å². The summed E-state index contributed by atoms with van der Waals surface area (Å²) in [7, 11) is 0. The molecule has 0 saturated heterocycles. The molecular weight excluding hydrogens is 272 g/mol. The Morgan fingerprint density at radius 2 is 1.78 bits per heavy atom. The minimum atomic E-state index is -0.291. The summed E-state index contributed by atoms with van der Waals surface area (Å²) in [6.07, 6.45) is 0. The van der Waals surface area contributed by atoms with E-state index in [2.05, 4.69) is 5.32 Å². The van der Waals surface area contributed by atoms with Crippen LogP contribution in [0.25, 0.3) is 0 Å². The molecule has 0 aliphatic carbocycles. The molecule has 0 heterocycles. The Kier molecular flexibility index (Phi) is 4.59. The molecule has 1 N–H and O–H groups in total. The van der Waals surface area contributed by atoms with Crippen LogP contribution >= 0.6 is 23.2 Å². The maximum absolute atomic E-state index is 13.5. The highest BCUT2D eigenvalue weighted by molar-refractivity contribution is 6.31. The van der Waals surface area contributed by atoms with Crippen molar-refractivity contribution in [2.75, 3.05) is 0 Å². The van der Waals surface area contributed by atoms with Crippen LogP contribution in [0.1, 0.15) is 11.1 Å². The second kappa shape index (κ2) is 6.19. The van der Waals surface area contributed by atoms with Crippen LogP contribution in [0.4, 0.5) is 4.39 Å². The van der Waals surface area contributed by atoms with Gasteiger partial charge in [-0.05, 0) is 29.8 Å². The molecule has 0 aromatic heterocycles. The largest absolute Gasteiger partial charge is 0.308 e. The van der Waals surface area contributed by atoms with Gasteiger partial charge in [-0.25, -0.2) is 4.39 Å². The van der Waals surface area contributed by atoms with Crippen LogP contribution in [0.3, 0.4) is 0 Å². The fraction of sp³-hybridized carbons (Fsp3) is 0.143. The molecule has 0 amide bonds. The molecule has 4 heteroatoms. The van der Waals surface area contributed by atoms with Crippen LogP contribution in [0, 0.1) is 5.82 Å². The summed E-state index contributed by atoms with van der Waals surface area (Å²) in [6, 6.07) is 12.2. The fourth-order valence-corrected chi connectivity index (χ4v) is 2.12. The molecular formula is C14H12Cl2FN. The van der Waals surface area contributed by atoms with Crippen LogP contribution < -0.4 is 5.32 Å². The summed E-state index contributed by atoms with van der Waals surface area (Å²) in [6.45, 7) is 1.00. The van der Waals surface area contributed by atoms with Crippen molar-refractivity contribution >= 4 is 23.2 Å². The van der Waals surface area contributed by atoms with Gasteiger partial charge in [-0.2, -0.15) is 0 Å². The Labute approximate surface area is 116 Å². The average Bonchev–Trinajstić information content (AvgIpc) is 2.33. The van der Waals surface area contributed by atoms with Crippen molar-refractivity contribution in [3.8, 4) is 0 Å². The first-order chi connectivity index (χ1) is 8.66. The lowest BCUT2D eigenvalue weighted by Gasteiger charge is -2.08. The van der Waals surface area contributed by atoms with Crippen molar-refractivity contribution in [2.24, 2.45) is 0 Å². The first-order valence-electron chi connectivity index (χ1n) is 5.55. The number of nitrogens with one attached hydrogen (secondary N) is 1. The van der Waals surface area contributed by atoms with Crippen molar-refractivity contribution in [1.82, 2.24) is 5.32 Å². The highest BCUT2D eigenvalue weighted by Gasteiger charge is 2.05. The summed E-state index contributed by atoms with van der Waals surface area (Å²) < 4.78 is 13.5. The van der Waals surface area contributed by atoms with E-state index in [1.807, 2.05) is 24.3 Å². The lowest BCUT2D eigenvalue weighted by Crippen LogP contribution is -2.14. The standard InChI is InChI=1S/C14H12Cl2FN/c15-11-4-1-3-10(7-11)8-18-9-12-13(16)5-2-6-14(12)17/h1-7,18H,8-9H2. The first-order valence-corrected chi connectivity index (χ1v) is 6.30. The molecule has 2 aromatic rings. The van der Waals surface area contributed by atoms with Gasteiger partial charge in [0.05, 0.1) is 0 Å². The third-order valence-corrected chi connectivity index (χ3v) is 3.17. The molecule has 1 nitrogen and oxygen atoms in total. The van der Waals surface area contributed by atoms with E-state index in [0.29, 0.717) is 28.7 Å². The highest BCUT2D eigenvalue weighted by atomic mass is 35.5. The van der Waals surface area contributed by atoms with E-state index in [9.17, 15) is 4.39 Å². The Hall–Kier alpha value is -1.09. The molecule has 0 bridgehead atoms. The zero-order valence-electron chi connectivity index (χ0n) is 9.59. The molecule has 0 aliphatic rings. The monoisotopic (exact) mass is 283 g/mol. The number of rotatable bonds is 4. The second-order valence-electron chi connectivity index (χ2n) is 3.93. The Balaban J connectivity index is 1.97. The van der Waals surface area contributed by atoms with Gasteiger partial charge in [0.2, 0.25) is 0 Å². The van der Waals surface area contributed by atoms with E-state index in [0.717, 1.165) is 5.56 Å². The summed E-state index contributed by atoms with van der Waals surface area (Å²) in [5.41, 5.74) is 1.54. The number of halogens is 3. The maximum Gasteiger partial charge on any atom is 0.129 e. The molecule has 0 radical (unpaired) electrons.